The molecule has 0 unspecified atom stereocenters. The zero-order valence-electron chi connectivity index (χ0n) is 10.8. The van der Waals surface area contributed by atoms with Crippen LogP contribution in [0.3, 0.4) is 0 Å². The molecule has 0 heterocycles. The van der Waals surface area contributed by atoms with Gasteiger partial charge in [0.05, 0.1) is 12.0 Å². The fourth-order valence-corrected chi connectivity index (χ4v) is 1.45. The smallest absolute Gasteiger partial charge is 0.308 e. The van der Waals surface area contributed by atoms with E-state index < -0.39 is 6.10 Å². The summed E-state index contributed by atoms with van der Waals surface area (Å²) in [6.07, 6.45) is -0.799. The molecule has 0 radical (unpaired) electrons. The molecule has 2 atom stereocenters. The second-order valence-electron chi connectivity index (χ2n) is 4.58. The standard InChI is InChI=1S/C14H20O3/c1-9(2)14(16)17-11(4)13-7-5-6-12(8-13)10(3)15/h5-11,15H,1-4H3/t10-,11-/m0/s1. The molecule has 0 amide bonds. The van der Waals surface area contributed by atoms with Crippen LogP contribution in [0, 0.1) is 5.92 Å². The third kappa shape index (κ3) is 3.86. The summed E-state index contributed by atoms with van der Waals surface area (Å²) >= 11 is 0. The third-order valence-corrected chi connectivity index (χ3v) is 2.63. The summed E-state index contributed by atoms with van der Waals surface area (Å²) in [7, 11) is 0. The van der Waals surface area contributed by atoms with Crippen LogP contribution in [0.15, 0.2) is 24.3 Å². The number of rotatable bonds is 4. The maximum absolute atomic E-state index is 11.5. The first kappa shape index (κ1) is 13.7. The summed E-state index contributed by atoms with van der Waals surface area (Å²) in [6.45, 7) is 7.16. The van der Waals surface area contributed by atoms with Gasteiger partial charge in [-0.05, 0) is 31.0 Å². The molecule has 0 aliphatic heterocycles. The van der Waals surface area contributed by atoms with Crippen LogP contribution in [0.4, 0.5) is 0 Å². The molecule has 0 aliphatic carbocycles. The summed E-state index contributed by atoms with van der Waals surface area (Å²) in [5.74, 6) is -0.336. The Hall–Kier alpha value is -1.35. The normalized spacial score (nSPS) is 14.5. The Labute approximate surface area is 102 Å². The summed E-state index contributed by atoms with van der Waals surface area (Å²) in [5, 5.41) is 9.49. The number of ether oxygens (including phenoxy) is 1. The summed E-state index contributed by atoms with van der Waals surface area (Å²) < 4.78 is 5.31. The molecular formula is C14H20O3. The Morgan fingerprint density at radius 1 is 1.18 bits per heavy atom. The number of hydrogen-bond acceptors (Lipinski definition) is 3. The molecule has 17 heavy (non-hydrogen) atoms. The van der Waals surface area contributed by atoms with Crippen molar-refractivity contribution in [3.8, 4) is 0 Å². The highest BCUT2D eigenvalue weighted by Crippen LogP contribution is 2.22. The van der Waals surface area contributed by atoms with E-state index in [9.17, 15) is 9.90 Å². The van der Waals surface area contributed by atoms with Gasteiger partial charge in [0.25, 0.3) is 0 Å². The van der Waals surface area contributed by atoms with Crippen molar-refractivity contribution < 1.29 is 14.6 Å². The summed E-state index contributed by atoms with van der Waals surface area (Å²) in [5.41, 5.74) is 1.73. The van der Waals surface area contributed by atoms with Crippen molar-refractivity contribution in [3.63, 3.8) is 0 Å². The molecule has 3 nitrogen and oxygen atoms in total. The zero-order chi connectivity index (χ0) is 13.0. The molecule has 1 N–H and O–H groups in total. The topological polar surface area (TPSA) is 46.5 Å². The van der Waals surface area contributed by atoms with Crippen LogP contribution in [0.25, 0.3) is 0 Å². The SMILES string of the molecule is CC(C)C(=O)O[C@@H](C)c1cccc([C@H](C)O)c1. The molecule has 0 spiro atoms. The molecular weight excluding hydrogens is 216 g/mol. The number of carbonyl (C=O) groups is 1. The highest BCUT2D eigenvalue weighted by atomic mass is 16.5. The van der Waals surface area contributed by atoms with Crippen LogP contribution in [0.5, 0.6) is 0 Å². The molecule has 0 saturated carbocycles. The van der Waals surface area contributed by atoms with Crippen LogP contribution in [-0.4, -0.2) is 11.1 Å². The Bertz CT molecular complexity index is 383. The first-order valence-corrected chi connectivity index (χ1v) is 5.90. The van der Waals surface area contributed by atoms with Crippen LogP contribution < -0.4 is 0 Å². The molecule has 1 rings (SSSR count). The van der Waals surface area contributed by atoms with E-state index in [0.29, 0.717) is 0 Å². The van der Waals surface area contributed by atoms with E-state index in [-0.39, 0.29) is 18.0 Å². The van der Waals surface area contributed by atoms with Gasteiger partial charge in [0.2, 0.25) is 0 Å². The fourth-order valence-electron chi connectivity index (χ4n) is 1.45. The Morgan fingerprint density at radius 2 is 1.76 bits per heavy atom. The molecule has 0 aliphatic rings. The van der Waals surface area contributed by atoms with Gasteiger partial charge in [-0.1, -0.05) is 32.0 Å². The van der Waals surface area contributed by atoms with Gasteiger partial charge in [-0.25, -0.2) is 0 Å². The predicted octanol–water partition coefficient (Wildman–Crippen LogP) is 3.00. The third-order valence-electron chi connectivity index (χ3n) is 2.63. The van der Waals surface area contributed by atoms with Crippen molar-refractivity contribution in [1.82, 2.24) is 0 Å². The maximum Gasteiger partial charge on any atom is 0.308 e. The Kier molecular flexibility index (Phi) is 4.70. The van der Waals surface area contributed by atoms with E-state index in [1.807, 2.05) is 31.2 Å². The van der Waals surface area contributed by atoms with E-state index >= 15 is 0 Å². The Balaban J connectivity index is 2.78. The van der Waals surface area contributed by atoms with Gasteiger partial charge in [0.15, 0.2) is 0 Å². The molecule has 0 fully saturated rings. The number of aliphatic hydroxyl groups excluding tert-OH is 1. The van der Waals surface area contributed by atoms with Crippen molar-refractivity contribution in [2.75, 3.05) is 0 Å². The van der Waals surface area contributed by atoms with Gasteiger partial charge in [-0.2, -0.15) is 0 Å². The molecule has 1 aromatic rings. The zero-order valence-corrected chi connectivity index (χ0v) is 10.8. The van der Waals surface area contributed by atoms with E-state index in [1.54, 1.807) is 20.8 Å². The minimum Gasteiger partial charge on any atom is -0.458 e. The van der Waals surface area contributed by atoms with Crippen LogP contribution in [0.1, 0.15) is 51.0 Å². The monoisotopic (exact) mass is 236 g/mol. The van der Waals surface area contributed by atoms with Gasteiger partial charge in [-0.15, -0.1) is 0 Å². The molecule has 94 valence electrons. The van der Waals surface area contributed by atoms with E-state index in [1.165, 1.54) is 0 Å². The predicted molar refractivity (Wildman–Crippen MR) is 66.4 cm³/mol. The first-order chi connectivity index (χ1) is 7.91. The average Bonchev–Trinajstić information content (AvgIpc) is 2.28. The van der Waals surface area contributed by atoms with Gasteiger partial charge in [0, 0.05) is 0 Å². The molecule has 1 aromatic carbocycles. The maximum atomic E-state index is 11.5. The second-order valence-corrected chi connectivity index (χ2v) is 4.58. The lowest BCUT2D eigenvalue weighted by atomic mass is 10.0. The largest absolute Gasteiger partial charge is 0.458 e. The van der Waals surface area contributed by atoms with Gasteiger partial charge < -0.3 is 9.84 Å². The van der Waals surface area contributed by atoms with Crippen LogP contribution in [0.2, 0.25) is 0 Å². The van der Waals surface area contributed by atoms with Gasteiger partial charge in [0.1, 0.15) is 6.10 Å². The van der Waals surface area contributed by atoms with Gasteiger partial charge in [-0.3, -0.25) is 4.79 Å². The lowest BCUT2D eigenvalue weighted by molar-refractivity contribution is -0.152. The Morgan fingerprint density at radius 3 is 2.29 bits per heavy atom. The van der Waals surface area contributed by atoms with Crippen LogP contribution >= 0.6 is 0 Å². The molecule has 0 saturated heterocycles. The lowest BCUT2D eigenvalue weighted by Gasteiger charge is -2.16. The summed E-state index contributed by atoms with van der Waals surface area (Å²) in [6, 6.07) is 7.47. The van der Waals surface area contributed by atoms with Gasteiger partial charge >= 0.3 is 5.97 Å². The number of carbonyl (C=O) groups excluding carboxylic acids is 1. The van der Waals surface area contributed by atoms with Crippen LogP contribution in [-0.2, 0) is 9.53 Å². The first-order valence-electron chi connectivity index (χ1n) is 5.90. The van der Waals surface area contributed by atoms with Crippen molar-refractivity contribution >= 4 is 5.97 Å². The number of aliphatic hydroxyl groups is 1. The van der Waals surface area contributed by atoms with E-state index in [2.05, 4.69) is 0 Å². The quantitative estimate of drug-likeness (QED) is 0.817. The number of benzene rings is 1. The number of hydrogen-bond donors (Lipinski definition) is 1. The van der Waals surface area contributed by atoms with E-state index in [4.69, 9.17) is 4.74 Å². The van der Waals surface area contributed by atoms with Crippen molar-refractivity contribution in [1.29, 1.82) is 0 Å². The fraction of sp³-hybridized carbons (Fsp3) is 0.500. The van der Waals surface area contributed by atoms with E-state index in [0.717, 1.165) is 11.1 Å². The minimum atomic E-state index is -0.511. The lowest BCUT2D eigenvalue weighted by Crippen LogP contribution is -2.14. The highest BCUT2D eigenvalue weighted by Gasteiger charge is 2.15. The molecule has 0 bridgehead atoms. The highest BCUT2D eigenvalue weighted by molar-refractivity contribution is 5.71. The average molecular weight is 236 g/mol. The van der Waals surface area contributed by atoms with Crippen molar-refractivity contribution in [2.45, 2.75) is 39.9 Å². The van der Waals surface area contributed by atoms with Crippen molar-refractivity contribution in [2.24, 2.45) is 5.92 Å². The molecule has 3 heteroatoms. The molecule has 0 aromatic heterocycles. The second kappa shape index (κ2) is 5.82. The minimum absolute atomic E-state index is 0.127. The summed E-state index contributed by atoms with van der Waals surface area (Å²) in [4.78, 5) is 11.5. The number of esters is 1. The van der Waals surface area contributed by atoms with Crippen molar-refractivity contribution in [3.05, 3.63) is 35.4 Å².